The van der Waals surface area contributed by atoms with Gasteiger partial charge in [0.05, 0.1) is 17.3 Å². The molecule has 2 aromatic heterocycles. The predicted molar refractivity (Wildman–Crippen MR) is 105 cm³/mol. The van der Waals surface area contributed by atoms with Crippen molar-refractivity contribution in [3.8, 4) is 0 Å². The Kier molecular flexibility index (Phi) is 4.97. The molecule has 3 heterocycles. The number of aromatic nitrogens is 2. The molecule has 1 aliphatic rings. The molecule has 0 unspecified atom stereocenters. The van der Waals surface area contributed by atoms with Crippen LogP contribution in [0.2, 0.25) is 0 Å². The van der Waals surface area contributed by atoms with E-state index in [1.807, 2.05) is 17.0 Å². The van der Waals surface area contributed by atoms with Gasteiger partial charge in [-0.2, -0.15) is 0 Å². The summed E-state index contributed by atoms with van der Waals surface area (Å²) in [6.45, 7) is 2.86. The average molecular weight is 357 g/mol. The third-order valence-corrected chi connectivity index (χ3v) is 5.10. The minimum atomic E-state index is 0.0377. The van der Waals surface area contributed by atoms with Crippen LogP contribution in [-0.2, 0) is 6.42 Å². The second-order valence-electron chi connectivity index (χ2n) is 7.11. The maximum absolute atomic E-state index is 12.9. The molecule has 0 N–H and O–H groups in total. The number of hydrogen-bond acceptors (Lipinski definition) is 3. The monoisotopic (exact) mass is 357 g/mol. The van der Waals surface area contributed by atoms with Crippen LogP contribution < -0.4 is 0 Å². The average Bonchev–Trinajstić information content (AvgIpc) is 3.20. The molecule has 27 heavy (non-hydrogen) atoms. The second kappa shape index (κ2) is 7.70. The van der Waals surface area contributed by atoms with Crippen molar-refractivity contribution in [3.63, 3.8) is 0 Å². The maximum Gasteiger partial charge on any atom is 0.255 e. The fraction of sp³-hybridized carbons (Fsp3) is 0.261. The molecule has 0 saturated carbocycles. The lowest BCUT2D eigenvalue weighted by Crippen LogP contribution is -2.31. The molecule has 4 heteroatoms. The van der Waals surface area contributed by atoms with Gasteiger partial charge in [-0.3, -0.25) is 14.8 Å². The van der Waals surface area contributed by atoms with Crippen LogP contribution in [0.3, 0.4) is 0 Å². The van der Waals surface area contributed by atoms with E-state index in [0.717, 1.165) is 37.2 Å². The Morgan fingerprint density at radius 1 is 1.11 bits per heavy atom. The Morgan fingerprint density at radius 3 is 2.74 bits per heavy atom. The maximum atomic E-state index is 12.9. The first kappa shape index (κ1) is 17.4. The molecule has 136 valence electrons. The van der Waals surface area contributed by atoms with E-state index in [2.05, 4.69) is 48.3 Å². The summed E-state index contributed by atoms with van der Waals surface area (Å²) in [4.78, 5) is 23.8. The summed E-state index contributed by atoms with van der Waals surface area (Å²) < 4.78 is 0. The molecule has 0 aliphatic carbocycles. The Balaban J connectivity index is 1.55. The zero-order valence-corrected chi connectivity index (χ0v) is 15.5. The number of nitrogens with zero attached hydrogens (tertiary/aromatic N) is 3. The summed E-state index contributed by atoms with van der Waals surface area (Å²) in [5, 5.41) is 0. The van der Waals surface area contributed by atoms with Crippen LogP contribution in [0.4, 0.5) is 0 Å². The van der Waals surface area contributed by atoms with E-state index in [-0.39, 0.29) is 11.9 Å². The van der Waals surface area contributed by atoms with Gasteiger partial charge in [-0.15, -0.1) is 0 Å². The van der Waals surface area contributed by atoms with Gasteiger partial charge < -0.3 is 4.90 Å². The molecular weight excluding hydrogens is 334 g/mol. The van der Waals surface area contributed by atoms with E-state index in [9.17, 15) is 4.79 Å². The molecule has 1 atom stereocenters. The summed E-state index contributed by atoms with van der Waals surface area (Å²) in [5.41, 5.74) is 5.17. The smallest absolute Gasteiger partial charge is 0.255 e. The van der Waals surface area contributed by atoms with Crippen LogP contribution in [0.5, 0.6) is 0 Å². The molecule has 4 nitrogen and oxygen atoms in total. The first-order valence-electron chi connectivity index (χ1n) is 9.43. The number of aryl methyl sites for hydroxylation is 1. The van der Waals surface area contributed by atoms with Crippen molar-refractivity contribution in [2.75, 3.05) is 6.54 Å². The van der Waals surface area contributed by atoms with Crippen LogP contribution in [0.25, 0.3) is 0 Å². The van der Waals surface area contributed by atoms with Crippen molar-refractivity contribution < 1.29 is 4.79 Å². The van der Waals surface area contributed by atoms with Crippen molar-refractivity contribution in [3.05, 3.63) is 95.1 Å². The molecule has 0 spiro atoms. The summed E-state index contributed by atoms with van der Waals surface area (Å²) in [5.74, 6) is 0.0383. The van der Waals surface area contributed by atoms with E-state index in [1.54, 1.807) is 18.5 Å². The van der Waals surface area contributed by atoms with Crippen LogP contribution in [0.15, 0.2) is 67.0 Å². The van der Waals surface area contributed by atoms with Gasteiger partial charge in [0, 0.05) is 31.1 Å². The molecule has 4 rings (SSSR count). The minimum Gasteiger partial charge on any atom is -0.330 e. The summed E-state index contributed by atoms with van der Waals surface area (Å²) in [7, 11) is 0. The van der Waals surface area contributed by atoms with E-state index in [1.165, 1.54) is 11.1 Å². The third kappa shape index (κ3) is 3.90. The van der Waals surface area contributed by atoms with Crippen molar-refractivity contribution in [2.45, 2.75) is 32.2 Å². The van der Waals surface area contributed by atoms with Gasteiger partial charge in [-0.1, -0.05) is 35.9 Å². The predicted octanol–water partition coefficient (Wildman–Crippen LogP) is 4.35. The first-order valence-corrected chi connectivity index (χ1v) is 9.43. The first-order chi connectivity index (χ1) is 13.2. The van der Waals surface area contributed by atoms with Crippen molar-refractivity contribution >= 4 is 5.91 Å². The number of benzene rings is 1. The Bertz CT molecular complexity index is 922. The fourth-order valence-corrected chi connectivity index (χ4v) is 3.67. The highest BCUT2D eigenvalue weighted by Gasteiger charge is 2.31. The molecular formula is C23H23N3O. The Hall–Kier alpha value is -3.01. The van der Waals surface area contributed by atoms with Crippen LogP contribution in [0.1, 0.15) is 51.8 Å². The summed E-state index contributed by atoms with van der Waals surface area (Å²) >= 11 is 0. The number of likely N-dealkylation sites (tertiary alicyclic amines) is 1. The largest absolute Gasteiger partial charge is 0.330 e. The van der Waals surface area contributed by atoms with Gasteiger partial charge in [0.15, 0.2) is 0 Å². The Morgan fingerprint density at radius 2 is 1.96 bits per heavy atom. The molecule has 0 radical (unpaired) electrons. The number of carbonyl (C=O) groups excluding carboxylic acids is 1. The normalized spacial score (nSPS) is 16.5. The van der Waals surface area contributed by atoms with Gasteiger partial charge in [-0.05, 0) is 49.6 Å². The number of carbonyl (C=O) groups is 1. The van der Waals surface area contributed by atoms with Gasteiger partial charge >= 0.3 is 0 Å². The van der Waals surface area contributed by atoms with E-state index < -0.39 is 0 Å². The lowest BCUT2D eigenvalue weighted by molar-refractivity contribution is 0.0732. The molecule has 1 saturated heterocycles. The van der Waals surface area contributed by atoms with Gasteiger partial charge in [0.25, 0.3) is 5.91 Å². The fourth-order valence-electron chi connectivity index (χ4n) is 3.67. The van der Waals surface area contributed by atoms with Crippen molar-refractivity contribution in [1.82, 2.24) is 14.9 Å². The lowest BCUT2D eigenvalue weighted by atomic mass is 10.1. The molecule has 0 bridgehead atoms. The molecule has 1 amide bonds. The third-order valence-electron chi connectivity index (χ3n) is 5.10. The van der Waals surface area contributed by atoms with E-state index >= 15 is 0 Å². The van der Waals surface area contributed by atoms with E-state index in [0.29, 0.717) is 5.56 Å². The minimum absolute atomic E-state index is 0.0377. The molecule has 1 aromatic carbocycles. The molecule has 1 fully saturated rings. The van der Waals surface area contributed by atoms with Crippen LogP contribution in [-0.4, -0.2) is 27.3 Å². The SMILES string of the molecule is Cc1ccc(Cc2cccc([C@@H]3CCCN3C(=O)c3cccnc3)n2)cc1. The van der Waals surface area contributed by atoms with Crippen molar-refractivity contribution in [1.29, 1.82) is 0 Å². The zero-order chi connectivity index (χ0) is 18.6. The lowest BCUT2D eigenvalue weighted by Gasteiger charge is -2.24. The molecule has 3 aromatic rings. The summed E-state index contributed by atoms with van der Waals surface area (Å²) in [6, 6.07) is 18.4. The zero-order valence-electron chi connectivity index (χ0n) is 15.5. The topological polar surface area (TPSA) is 46.1 Å². The van der Waals surface area contributed by atoms with E-state index in [4.69, 9.17) is 4.98 Å². The molecule has 1 aliphatic heterocycles. The number of pyridine rings is 2. The highest BCUT2D eigenvalue weighted by atomic mass is 16.2. The summed E-state index contributed by atoms with van der Waals surface area (Å²) in [6.07, 6.45) is 6.08. The second-order valence-corrected chi connectivity index (χ2v) is 7.11. The highest BCUT2D eigenvalue weighted by Crippen LogP contribution is 2.32. The van der Waals surface area contributed by atoms with Gasteiger partial charge in [-0.25, -0.2) is 0 Å². The van der Waals surface area contributed by atoms with Gasteiger partial charge in [0.2, 0.25) is 0 Å². The number of hydrogen-bond donors (Lipinski definition) is 0. The highest BCUT2D eigenvalue weighted by molar-refractivity contribution is 5.94. The van der Waals surface area contributed by atoms with Crippen LogP contribution >= 0.6 is 0 Å². The standard InChI is InChI=1S/C23H23N3O/c1-17-9-11-18(12-10-17)15-20-6-2-7-21(25-20)22-8-4-14-26(22)23(27)19-5-3-13-24-16-19/h2-3,5-7,9-13,16,22H,4,8,14-15H2,1H3/t22-/m0/s1. The van der Waals surface area contributed by atoms with Crippen LogP contribution in [0, 0.1) is 6.92 Å². The number of rotatable bonds is 4. The van der Waals surface area contributed by atoms with Crippen molar-refractivity contribution in [2.24, 2.45) is 0 Å². The Labute approximate surface area is 159 Å². The quantitative estimate of drug-likeness (QED) is 0.697. The van der Waals surface area contributed by atoms with Gasteiger partial charge in [0.1, 0.15) is 0 Å². The number of amides is 1.